The first-order chi connectivity index (χ1) is 14.1. The highest BCUT2D eigenvalue weighted by molar-refractivity contribution is 5.44. The fraction of sp³-hybridized carbons (Fsp3) is 0.409. The summed E-state index contributed by atoms with van der Waals surface area (Å²) in [5, 5.41) is 15.4. The number of nitrogens with zero attached hydrogens (tertiary/aromatic N) is 4. The summed E-state index contributed by atoms with van der Waals surface area (Å²) < 4.78 is 21.5. The molecule has 152 valence electrons. The molecule has 2 aromatic carbocycles. The van der Waals surface area contributed by atoms with Crippen molar-refractivity contribution >= 4 is 0 Å². The number of tetrazole rings is 1. The van der Waals surface area contributed by atoms with Crippen molar-refractivity contribution in [2.75, 3.05) is 13.7 Å². The minimum atomic E-state index is -0.151. The predicted octanol–water partition coefficient (Wildman–Crippen LogP) is 3.71. The predicted molar refractivity (Wildman–Crippen MR) is 109 cm³/mol. The molecule has 1 aromatic heterocycles. The van der Waals surface area contributed by atoms with E-state index in [1.54, 1.807) is 24.8 Å². The zero-order valence-corrected chi connectivity index (χ0v) is 17.0. The van der Waals surface area contributed by atoms with Gasteiger partial charge in [-0.3, -0.25) is 0 Å². The Hall–Kier alpha value is -2.80. The van der Waals surface area contributed by atoms with Crippen molar-refractivity contribution < 1.29 is 9.13 Å². The molecule has 29 heavy (non-hydrogen) atoms. The molecule has 0 saturated carbocycles. The average Bonchev–Trinajstić information content (AvgIpc) is 3.16. The Labute approximate surface area is 170 Å². The fourth-order valence-electron chi connectivity index (χ4n) is 4.18. The smallest absolute Gasteiger partial charge is 0.153 e. The standard InChI is InChI=1S/C22H26FN5O/c1-14-6-7-17(13-20(14)23)22-16(5-4-10-24-22)11-18-12-19(8-9-21(18)29-3)28-15(2)25-26-27-28/h6-9,12-13,16,22,24H,4-5,10-11H2,1-3H3/t16-,22-/m0/s1. The summed E-state index contributed by atoms with van der Waals surface area (Å²) in [6.45, 7) is 4.61. The van der Waals surface area contributed by atoms with Gasteiger partial charge >= 0.3 is 0 Å². The summed E-state index contributed by atoms with van der Waals surface area (Å²) in [4.78, 5) is 0. The second kappa shape index (κ2) is 8.29. The summed E-state index contributed by atoms with van der Waals surface area (Å²) in [7, 11) is 1.69. The van der Waals surface area contributed by atoms with Gasteiger partial charge in [0.2, 0.25) is 0 Å². The van der Waals surface area contributed by atoms with Crippen LogP contribution in [0.1, 0.15) is 41.4 Å². The van der Waals surface area contributed by atoms with Crippen molar-refractivity contribution in [3.63, 3.8) is 0 Å². The normalized spacial score (nSPS) is 19.3. The fourth-order valence-corrected chi connectivity index (χ4v) is 4.18. The molecule has 2 heterocycles. The van der Waals surface area contributed by atoms with Gasteiger partial charge in [0, 0.05) is 6.04 Å². The number of piperidine rings is 1. The van der Waals surface area contributed by atoms with Crippen LogP contribution in [0.2, 0.25) is 0 Å². The molecule has 1 fully saturated rings. The zero-order valence-electron chi connectivity index (χ0n) is 17.0. The van der Waals surface area contributed by atoms with Crippen LogP contribution in [0.25, 0.3) is 5.69 Å². The van der Waals surface area contributed by atoms with Crippen LogP contribution in [0, 0.1) is 25.6 Å². The van der Waals surface area contributed by atoms with Gasteiger partial charge in [0.15, 0.2) is 5.82 Å². The number of methoxy groups -OCH3 is 1. The van der Waals surface area contributed by atoms with Crippen LogP contribution in [0.4, 0.5) is 4.39 Å². The summed E-state index contributed by atoms with van der Waals surface area (Å²) in [6.07, 6.45) is 3.00. The first-order valence-electron chi connectivity index (χ1n) is 9.98. The van der Waals surface area contributed by atoms with Crippen LogP contribution in [0.3, 0.4) is 0 Å². The number of benzene rings is 2. The molecule has 0 bridgehead atoms. The second-order valence-corrected chi connectivity index (χ2v) is 7.68. The molecule has 2 atom stereocenters. The van der Waals surface area contributed by atoms with Crippen molar-refractivity contribution in [1.29, 1.82) is 0 Å². The molecule has 6 nitrogen and oxygen atoms in total. The Balaban J connectivity index is 1.65. The highest BCUT2D eigenvalue weighted by Gasteiger charge is 2.28. The number of nitrogens with one attached hydrogen (secondary N) is 1. The molecule has 0 radical (unpaired) electrons. The quantitative estimate of drug-likeness (QED) is 0.713. The highest BCUT2D eigenvalue weighted by Crippen LogP contribution is 2.35. The third-order valence-corrected chi connectivity index (χ3v) is 5.76. The van der Waals surface area contributed by atoms with Crippen LogP contribution in [-0.2, 0) is 6.42 Å². The number of hydrogen-bond acceptors (Lipinski definition) is 5. The average molecular weight is 395 g/mol. The van der Waals surface area contributed by atoms with Gasteiger partial charge in [-0.25, -0.2) is 4.39 Å². The zero-order chi connectivity index (χ0) is 20.4. The molecular weight excluding hydrogens is 369 g/mol. The van der Waals surface area contributed by atoms with Crippen molar-refractivity contribution in [2.24, 2.45) is 5.92 Å². The molecule has 0 unspecified atom stereocenters. The van der Waals surface area contributed by atoms with Crippen LogP contribution in [0.15, 0.2) is 36.4 Å². The Morgan fingerprint density at radius 3 is 2.79 bits per heavy atom. The Morgan fingerprint density at radius 1 is 1.21 bits per heavy atom. The summed E-state index contributed by atoms with van der Waals surface area (Å²) in [5.41, 5.74) is 3.69. The molecule has 1 aliphatic heterocycles. The molecule has 4 rings (SSSR count). The van der Waals surface area contributed by atoms with Gasteiger partial charge in [-0.05, 0) is 97.0 Å². The molecule has 1 N–H and O–H groups in total. The number of aromatic nitrogens is 4. The molecule has 3 aromatic rings. The number of ether oxygens (including phenoxy) is 1. The van der Waals surface area contributed by atoms with E-state index in [1.807, 2.05) is 31.2 Å². The lowest BCUT2D eigenvalue weighted by Crippen LogP contribution is -2.35. The van der Waals surface area contributed by atoms with Gasteiger partial charge in [0.25, 0.3) is 0 Å². The van der Waals surface area contributed by atoms with E-state index < -0.39 is 0 Å². The van der Waals surface area contributed by atoms with Crippen LogP contribution >= 0.6 is 0 Å². The monoisotopic (exact) mass is 395 g/mol. The molecule has 7 heteroatoms. The van der Waals surface area contributed by atoms with E-state index in [-0.39, 0.29) is 11.9 Å². The Kier molecular flexibility index (Phi) is 5.58. The van der Waals surface area contributed by atoms with Crippen LogP contribution in [0.5, 0.6) is 5.75 Å². The van der Waals surface area contributed by atoms with Crippen molar-refractivity contribution in [3.05, 3.63) is 64.7 Å². The third-order valence-electron chi connectivity index (χ3n) is 5.76. The van der Waals surface area contributed by atoms with Gasteiger partial charge in [0.1, 0.15) is 11.6 Å². The maximum Gasteiger partial charge on any atom is 0.153 e. The number of hydrogen-bond donors (Lipinski definition) is 1. The minimum absolute atomic E-state index is 0.113. The molecule has 0 spiro atoms. The van der Waals surface area contributed by atoms with Gasteiger partial charge < -0.3 is 10.1 Å². The number of aryl methyl sites for hydroxylation is 2. The Bertz CT molecular complexity index is 1000. The van der Waals surface area contributed by atoms with Gasteiger partial charge in [-0.1, -0.05) is 12.1 Å². The molecule has 1 saturated heterocycles. The van der Waals surface area contributed by atoms with E-state index in [2.05, 4.69) is 26.9 Å². The van der Waals surface area contributed by atoms with E-state index in [4.69, 9.17) is 4.74 Å². The highest BCUT2D eigenvalue weighted by atomic mass is 19.1. The second-order valence-electron chi connectivity index (χ2n) is 7.68. The van der Waals surface area contributed by atoms with Gasteiger partial charge in [-0.2, -0.15) is 4.68 Å². The topological polar surface area (TPSA) is 64.9 Å². The first-order valence-corrected chi connectivity index (χ1v) is 9.98. The van der Waals surface area contributed by atoms with Crippen LogP contribution < -0.4 is 10.1 Å². The van der Waals surface area contributed by atoms with Crippen molar-refractivity contribution in [1.82, 2.24) is 25.5 Å². The largest absolute Gasteiger partial charge is 0.496 e. The lowest BCUT2D eigenvalue weighted by molar-refractivity contribution is 0.279. The van der Waals surface area contributed by atoms with E-state index in [0.29, 0.717) is 11.5 Å². The molecular formula is C22H26FN5O. The number of rotatable bonds is 5. The van der Waals surface area contributed by atoms with E-state index in [9.17, 15) is 4.39 Å². The van der Waals surface area contributed by atoms with Crippen molar-refractivity contribution in [3.8, 4) is 11.4 Å². The third kappa shape index (κ3) is 4.00. The summed E-state index contributed by atoms with van der Waals surface area (Å²) in [6, 6.07) is 11.7. The Morgan fingerprint density at radius 2 is 2.07 bits per heavy atom. The van der Waals surface area contributed by atoms with Crippen molar-refractivity contribution in [2.45, 2.75) is 39.2 Å². The molecule has 0 aliphatic carbocycles. The van der Waals surface area contributed by atoms with E-state index in [1.165, 1.54) is 0 Å². The molecule has 0 amide bonds. The van der Waals surface area contributed by atoms with E-state index in [0.717, 1.165) is 54.2 Å². The molecule has 1 aliphatic rings. The SMILES string of the molecule is COc1ccc(-n2nnnc2C)cc1C[C@@H]1CCCN[C@@H]1c1ccc(C)c(F)c1. The maximum atomic E-state index is 14.2. The summed E-state index contributed by atoms with van der Waals surface area (Å²) >= 11 is 0. The maximum absolute atomic E-state index is 14.2. The van der Waals surface area contributed by atoms with E-state index >= 15 is 0 Å². The van der Waals surface area contributed by atoms with Crippen LogP contribution in [-0.4, -0.2) is 33.9 Å². The summed E-state index contributed by atoms with van der Waals surface area (Å²) in [5.74, 6) is 1.76. The minimum Gasteiger partial charge on any atom is -0.496 e. The lowest BCUT2D eigenvalue weighted by Gasteiger charge is -2.33. The van der Waals surface area contributed by atoms with Gasteiger partial charge in [0.05, 0.1) is 12.8 Å². The lowest BCUT2D eigenvalue weighted by atomic mass is 9.81. The first kappa shape index (κ1) is 19.5. The number of halogens is 1. The van der Waals surface area contributed by atoms with Gasteiger partial charge in [-0.15, -0.1) is 5.10 Å².